The Morgan fingerprint density at radius 2 is 1.90 bits per heavy atom. The Hall–Kier alpha value is -3.03. The van der Waals surface area contributed by atoms with Crippen LogP contribution >= 0.6 is 0 Å². The van der Waals surface area contributed by atoms with Crippen molar-refractivity contribution >= 4 is 11.9 Å². The molecule has 0 radical (unpaired) electrons. The Morgan fingerprint density at radius 1 is 1.20 bits per heavy atom. The lowest BCUT2D eigenvalue weighted by Gasteiger charge is -2.08. The van der Waals surface area contributed by atoms with Gasteiger partial charge >= 0.3 is 11.9 Å². The Kier molecular flexibility index (Phi) is 3.30. The van der Waals surface area contributed by atoms with E-state index in [0.717, 1.165) is 12.1 Å². The summed E-state index contributed by atoms with van der Waals surface area (Å²) in [6.45, 7) is 0. The molecule has 8 nitrogen and oxygen atoms in total. The van der Waals surface area contributed by atoms with Gasteiger partial charge in [0, 0.05) is 11.6 Å². The molecule has 0 aliphatic carbocycles. The third kappa shape index (κ3) is 2.26. The van der Waals surface area contributed by atoms with Crippen molar-refractivity contribution in [1.29, 1.82) is 0 Å². The van der Waals surface area contributed by atoms with Crippen LogP contribution in [0, 0.1) is 0 Å². The van der Waals surface area contributed by atoms with Gasteiger partial charge in [-0.1, -0.05) is 0 Å². The van der Waals surface area contributed by atoms with Gasteiger partial charge in [0.05, 0.1) is 12.8 Å². The first-order chi connectivity index (χ1) is 9.43. The smallest absolute Gasteiger partial charge is 0.353 e. The number of aromatic amines is 1. The van der Waals surface area contributed by atoms with E-state index in [1.54, 1.807) is 0 Å². The molecule has 0 unspecified atom stereocenters. The van der Waals surface area contributed by atoms with E-state index in [9.17, 15) is 14.7 Å². The van der Waals surface area contributed by atoms with Crippen LogP contribution in [0.2, 0.25) is 0 Å². The topological polar surface area (TPSA) is 133 Å². The van der Waals surface area contributed by atoms with Gasteiger partial charge in [-0.15, -0.1) is 0 Å². The molecule has 0 fully saturated rings. The van der Waals surface area contributed by atoms with Crippen molar-refractivity contribution in [2.24, 2.45) is 0 Å². The number of rotatable bonds is 4. The number of methoxy groups -OCH3 is 1. The van der Waals surface area contributed by atoms with Gasteiger partial charge in [-0.25, -0.2) is 9.59 Å². The zero-order valence-electron chi connectivity index (χ0n) is 10.2. The van der Waals surface area contributed by atoms with Crippen LogP contribution in [0.5, 0.6) is 11.5 Å². The van der Waals surface area contributed by atoms with Crippen molar-refractivity contribution in [2.75, 3.05) is 7.11 Å². The summed E-state index contributed by atoms with van der Waals surface area (Å²) in [5, 5.41) is 33.7. The van der Waals surface area contributed by atoms with Crippen molar-refractivity contribution in [1.82, 2.24) is 10.2 Å². The zero-order valence-corrected chi connectivity index (χ0v) is 10.2. The molecule has 1 aromatic heterocycles. The highest BCUT2D eigenvalue weighted by Crippen LogP contribution is 2.34. The fraction of sp³-hybridized carbons (Fsp3) is 0.0833. The molecule has 0 saturated carbocycles. The maximum absolute atomic E-state index is 11.1. The molecule has 1 aromatic carbocycles. The number of ether oxygens (including phenoxy) is 1. The molecular formula is C12H10N2O6. The second-order valence-electron chi connectivity index (χ2n) is 3.85. The lowest BCUT2D eigenvalue weighted by Crippen LogP contribution is -2.01. The number of hydrogen-bond donors (Lipinski definition) is 4. The number of carboxylic acid groups (broad SMARTS) is 2. The highest BCUT2D eigenvalue weighted by Gasteiger charge is 2.19. The average molecular weight is 278 g/mol. The molecule has 0 bridgehead atoms. The SMILES string of the molecule is COc1cc(O)c(-c2cc(C(=O)O)[nH]n2)cc1C(=O)O. The zero-order chi connectivity index (χ0) is 14.9. The first-order valence-corrected chi connectivity index (χ1v) is 5.37. The Bertz CT molecular complexity index is 691. The number of phenols is 1. The number of phenolic OH excluding ortho intramolecular Hbond substituents is 1. The fourth-order valence-corrected chi connectivity index (χ4v) is 1.68. The van der Waals surface area contributed by atoms with Crippen molar-refractivity contribution < 1.29 is 29.6 Å². The number of hydrogen-bond acceptors (Lipinski definition) is 5. The molecule has 0 aliphatic heterocycles. The summed E-state index contributed by atoms with van der Waals surface area (Å²) in [5.41, 5.74) is -0.135. The normalized spacial score (nSPS) is 10.2. The van der Waals surface area contributed by atoms with E-state index >= 15 is 0 Å². The van der Waals surface area contributed by atoms with Crippen LogP contribution in [-0.4, -0.2) is 44.6 Å². The maximum Gasteiger partial charge on any atom is 0.353 e. The summed E-state index contributed by atoms with van der Waals surface area (Å²) in [7, 11) is 1.28. The van der Waals surface area contributed by atoms with E-state index in [0.29, 0.717) is 0 Å². The summed E-state index contributed by atoms with van der Waals surface area (Å²) in [4.78, 5) is 21.9. The molecule has 20 heavy (non-hydrogen) atoms. The minimum absolute atomic E-state index is 0.00672. The number of carboxylic acids is 2. The van der Waals surface area contributed by atoms with E-state index in [2.05, 4.69) is 10.2 Å². The predicted molar refractivity (Wildman–Crippen MR) is 66.2 cm³/mol. The number of aromatic carboxylic acids is 2. The van der Waals surface area contributed by atoms with Gasteiger partial charge in [0.1, 0.15) is 22.8 Å². The van der Waals surface area contributed by atoms with Crippen LogP contribution in [0.3, 0.4) is 0 Å². The molecule has 2 aromatic rings. The molecule has 0 aliphatic rings. The second-order valence-corrected chi connectivity index (χ2v) is 3.85. The van der Waals surface area contributed by atoms with Crippen molar-refractivity contribution in [3.05, 3.63) is 29.5 Å². The van der Waals surface area contributed by atoms with E-state index < -0.39 is 11.9 Å². The van der Waals surface area contributed by atoms with E-state index in [1.807, 2.05) is 0 Å². The Balaban J connectivity index is 2.58. The number of aromatic hydroxyl groups is 1. The van der Waals surface area contributed by atoms with Gasteiger partial charge in [-0.3, -0.25) is 5.10 Å². The van der Waals surface area contributed by atoms with E-state index in [4.69, 9.17) is 14.9 Å². The second kappa shape index (κ2) is 4.92. The predicted octanol–water partition coefficient (Wildman–Crippen LogP) is 1.19. The van der Waals surface area contributed by atoms with Gasteiger partial charge in [-0.05, 0) is 12.1 Å². The van der Waals surface area contributed by atoms with Gasteiger partial charge in [0.15, 0.2) is 0 Å². The van der Waals surface area contributed by atoms with E-state index in [1.165, 1.54) is 13.2 Å². The number of nitrogens with one attached hydrogen (secondary N) is 1. The van der Waals surface area contributed by atoms with Crippen LogP contribution in [-0.2, 0) is 0 Å². The summed E-state index contributed by atoms with van der Waals surface area (Å²) < 4.78 is 4.86. The molecular weight excluding hydrogens is 268 g/mol. The van der Waals surface area contributed by atoms with Crippen LogP contribution in [0.15, 0.2) is 18.2 Å². The molecule has 0 amide bonds. The molecule has 0 saturated heterocycles. The molecule has 4 N–H and O–H groups in total. The first kappa shape index (κ1) is 13.4. The fourth-order valence-electron chi connectivity index (χ4n) is 1.68. The Labute approximate surface area is 112 Å². The van der Waals surface area contributed by atoms with Crippen molar-refractivity contribution in [2.45, 2.75) is 0 Å². The minimum atomic E-state index is -1.24. The Morgan fingerprint density at radius 3 is 2.40 bits per heavy atom. The molecule has 104 valence electrons. The number of benzene rings is 1. The molecule has 2 rings (SSSR count). The van der Waals surface area contributed by atoms with Crippen LogP contribution < -0.4 is 4.74 Å². The largest absolute Gasteiger partial charge is 0.507 e. The first-order valence-electron chi connectivity index (χ1n) is 5.37. The van der Waals surface area contributed by atoms with Crippen molar-refractivity contribution in [3.8, 4) is 22.8 Å². The lowest BCUT2D eigenvalue weighted by atomic mass is 10.1. The minimum Gasteiger partial charge on any atom is -0.507 e. The summed E-state index contributed by atoms with van der Waals surface area (Å²) in [5.74, 6) is -2.73. The van der Waals surface area contributed by atoms with Crippen LogP contribution in [0.25, 0.3) is 11.3 Å². The number of aromatic nitrogens is 2. The highest BCUT2D eigenvalue weighted by molar-refractivity contribution is 5.94. The van der Waals surface area contributed by atoms with E-state index in [-0.39, 0.29) is 34.0 Å². The third-order valence-corrected chi connectivity index (χ3v) is 2.63. The van der Waals surface area contributed by atoms with Gasteiger partial charge in [0.2, 0.25) is 0 Å². The molecule has 8 heteroatoms. The van der Waals surface area contributed by atoms with Crippen LogP contribution in [0.1, 0.15) is 20.8 Å². The number of nitrogens with zero attached hydrogens (tertiary/aromatic N) is 1. The van der Waals surface area contributed by atoms with Crippen molar-refractivity contribution in [3.63, 3.8) is 0 Å². The summed E-state index contributed by atoms with van der Waals surface area (Å²) in [6.07, 6.45) is 0. The quantitative estimate of drug-likeness (QED) is 0.660. The monoisotopic (exact) mass is 278 g/mol. The van der Waals surface area contributed by atoms with Gasteiger partial charge in [-0.2, -0.15) is 5.10 Å². The average Bonchev–Trinajstić information content (AvgIpc) is 2.87. The maximum atomic E-state index is 11.1. The molecule has 0 atom stereocenters. The van der Waals surface area contributed by atoms with Gasteiger partial charge in [0.25, 0.3) is 0 Å². The highest BCUT2D eigenvalue weighted by atomic mass is 16.5. The number of H-pyrrole nitrogens is 1. The lowest BCUT2D eigenvalue weighted by molar-refractivity contribution is 0.0681. The summed E-state index contributed by atoms with van der Waals surface area (Å²) >= 11 is 0. The van der Waals surface area contributed by atoms with Crippen LogP contribution in [0.4, 0.5) is 0 Å². The third-order valence-electron chi connectivity index (χ3n) is 2.63. The molecule has 0 spiro atoms. The molecule has 1 heterocycles. The standard InChI is InChI=1S/C12H10N2O6/c1-20-10-4-9(15)5(2-6(10)11(16)17)7-3-8(12(18)19)14-13-7/h2-4,15H,1H3,(H,13,14)(H,16,17)(H,18,19). The van der Waals surface area contributed by atoms with Gasteiger partial charge < -0.3 is 20.1 Å². The number of carbonyl (C=O) groups is 2. The summed E-state index contributed by atoms with van der Waals surface area (Å²) in [6, 6.07) is 3.49.